The number of rotatable bonds is 4. The van der Waals surface area contributed by atoms with Crippen LogP contribution in [0.15, 0.2) is 54.2 Å². The van der Waals surface area contributed by atoms with Crippen LogP contribution < -0.4 is 15.4 Å². The predicted molar refractivity (Wildman–Crippen MR) is 84.8 cm³/mol. The number of methoxy groups -OCH3 is 1. The molecule has 0 spiro atoms. The number of phenolic OH excluding ortho intramolecular Hbond substituents is 1. The number of carbonyl (C=O) groups excluding carboxylic acids is 2. The highest BCUT2D eigenvalue weighted by Crippen LogP contribution is 2.28. The van der Waals surface area contributed by atoms with Crippen molar-refractivity contribution in [3.8, 4) is 11.5 Å². The molecule has 3 rings (SSSR count). The number of hydrogen-bond donors (Lipinski definition) is 3. The quantitative estimate of drug-likeness (QED) is 0.593. The largest absolute Gasteiger partial charge is 0.508 e. The summed E-state index contributed by atoms with van der Waals surface area (Å²) in [6.45, 7) is 0. The summed E-state index contributed by atoms with van der Waals surface area (Å²) in [4.78, 5) is 24.2. The van der Waals surface area contributed by atoms with E-state index in [1.54, 1.807) is 36.4 Å². The fraction of sp³-hybridized carbons (Fsp3) is 0.0588. The van der Waals surface area contributed by atoms with Crippen molar-refractivity contribution in [1.82, 2.24) is 5.32 Å². The average molecular weight is 310 g/mol. The molecular formula is C17H14N2O4. The third-order valence-corrected chi connectivity index (χ3v) is 3.43. The van der Waals surface area contributed by atoms with Gasteiger partial charge >= 0.3 is 0 Å². The van der Waals surface area contributed by atoms with Crippen LogP contribution in [0.25, 0.3) is 5.57 Å². The van der Waals surface area contributed by atoms with Crippen molar-refractivity contribution in [2.75, 3.05) is 12.4 Å². The van der Waals surface area contributed by atoms with E-state index >= 15 is 0 Å². The highest BCUT2D eigenvalue weighted by atomic mass is 16.5. The van der Waals surface area contributed by atoms with Crippen LogP contribution in [0.5, 0.6) is 11.5 Å². The number of phenols is 1. The molecule has 0 bridgehead atoms. The Bertz CT molecular complexity index is 810. The fourth-order valence-corrected chi connectivity index (χ4v) is 2.32. The summed E-state index contributed by atoms with van der Waals surface area (Å²) >= 11 is 0. The topological polar surface area (TPSA) is 87.7 Å². The van der Waals surface area contributed by atoms with Crippen molar-refractivity contribution in [1.29, 1.82) is 0 Å². The van der Waals surface area contributed by atoms with Crippen LogP contribution in [0.1, 0.15) is 5.56 Å². The highest BCUT2D eigenvalue weighted by molar-refractivity contribution is 6.36. The first kappa shape index (κ1) is 14.6. The van der Waals surface area contributed by atoms with E-state index in [-0.39, 0.29) is 17.0 Å². The summed E-state index contributed by atoms with van der Waals surface area (Å²) in [5.41, 5.74) is 1.58. The maximum Gasteiger partial charge on any atom is 0.275 e. The molecule has 0 unspecified atom stereocenters. The number of aromatic hydroxyl groups is 1. The molecule has 0 radical (unpaired) electrons. The summed E-state index contributed by atoms with van der Waals surface area (Å²) < 4.78 is 5.16. The molecule has 2 aromatic rings. The lowest BCUT2D eigenvalue weighted by Gasteiger charge is -2.09. The molecule has 3 N–H and O–H groups in total. The van der Waals surface area contributed by atoms with Crippen molar-refractivity contribution in [2.24, 2.45) is 0 Å². The second-order valence-corrected chi connectivity index (χ2v) is 4.94. The van der Waals surface area contributed by atoms with E-state index in [1.165, 1.54) is 19.2 Å². The smallest absolute Gasteiger partial charge is 0.275 e. The predicted octanol–water partition coefficient (Wildman–Crippen LogP) is 1.88. The lowest BCUT2D eigenvalue weighted by Crippen LogP contribution is -2.24. The zero-order valence-corrected chi connectivity index (χ0v) is 12.3. The first-order valence-corrected chi connectivity index (χ1v) is 6.89. The fourth-order valence-electron chi connectivity index (χ4n) is 2.32. The molecule has 6 nitrogen and oxygen atoms in total. The highest BCUT2D eigenvalue weighted by Gasteiger charge is 2.31. The van der Waals surface area contributed by atoms with Crippen LogP contribution in [0.3, 0.4) is 0 Å². The van der Waals surface area contributed by atoms with Crippen LogP contribution >= 0.6 is 0 Å². The lowest BCUT2D eigenvalue weighted by atomic mass is 10.0. The van der Waals surface area contributed by atoms with E-state index in [0.29, 0.717) is 17.0 Å². The van der Waals surface area contributed by atoms with Gasteiger partial charge in [0.15, 0.2) is 0 Å². The summed E-state index contributed by atoms with van der Waals surface area (Å²) in [6, 6.07) is 13.1. The molecule has 1 aliphatic rings. The Labute approximate surface area is 132 Å². The van der Waals surface area contributed by atoms with E-state index in [9.17, 15) is 14.7 Å². The zero-order valence-electron chi connectivity index (χ0n) is 12.3. The molecule has 6 heteroatoms. The van der Waals surface area contributed by atoms with Gasteiger partial charge in [-0.2, -0.15) is 0 Å². The van der Waals surface area contributed by atoms with Crippen molar-refractivity contribution in [2.45, 2.75) is 0 Å². The summed E-state index contributed by atoms with van der Waals surface area (Å²) in [6.07, 6.45) is 0. The number of nitrogens with one attached hydrogen (secondary N) is 2. The second-order valence-electron chi connectivity index (χ2n) is 4.94. The van der Waals surface area contributed by atoms with E-state index in [4.69, 9.17) is 4.74 Å². The Hall–Kier alpha value is -3.28. The first-order valence-electron chi connectivity index (χ1n) is 6.89. The minimum atomic E-state index is -0.499. The molecule has 0 atom stereocenters. The van der Waals surface area contributed by atoms with Gasteiger partial charge in [0.2, 0.25) is 0 Å². The third-order valence-electron chi connectivity index (χ3n) is 3.43. The maximum atomic E-state index is 12.1. The van der Waals surface area contributed by atoms with E-state index in [2.05, 4.69) is 10.6 Å². The van der Waals surface area contributed by atoms with Gasteiger partial charge in [-0.15, -0.1) is 0 Å². The molecule has 0 aromatic heterocycles. The van der Waals surface area contributed by atoms with Gasteiger partial charge in [-0.3, -0.25) is 14.9 Å². The van der Waals surface area contributed by atoms with Gasteiger partial charge in [0, 0.05) is 5.69 Å². The minimum absolute atomic E-state index is 0.115. The van der Waals surface area contributed by atoms with Crippen molar-refractivity contribution < 1.29 is 19.4 Å². The van der Waals surface area contributed by atoms with E-state index in [1.807, 2.05) is 0 Å². The van der Waals surface area contributed by atoms with Gasteiger partial charge in [0.05, 0.1) is 12.7 Å². The van der Waals surface area contributed by atoms with Gasteiger partial charge in [-0.05, 0) is 42.0 Å². The van der Waals surface area contributed by atoms with Gasteiger partial charge in [-0.25, -0.2) is 0 Å². The molecule has 23 heavy (non-hydrogen) atoms. The zero-order chi connectivity index (χ0) is 16.4. The number of anilines is 1. The summed E-state index contributed by atoms with van der Waals surface area (Å²) in [5.74, 6) is -0.263. The first-order chi connectivity index (χ1) is 11.1. The average Bonchev–Trinajstić information content (AvgIpc) is 2.83. The van der Waals surface area contributed by atoms with Crippen molar-refractivity contribution >= 4 is 23.1 Å². The number of amides is 2. The summed E-state index contributed by atoms with van der Waals surface area (Å²) in [7, 11) is 1.53. The van der Waals surface area contributed by atoms with Crippen LogP contribution in [0, 0.1) is 0 Å². The van der Waals surface area contributed by atoms with E-state index < -0.39 is 11.8 Å². The molecule has 1 heterocycles. The van der Waals surface area contributed by atoms with Crippen LogP contribution in [-0.2, 0) is 9.59 Å². The maximum absolute atomic E-state index is 12.1. The number of imide groups is 1. The Morgan fingerprint density at radius 3 is 2.48 bits per heavy atom. The Kier molecular flexibility index (Phi) is 3.72. The van der Waals surface area contributed by atoms with Gasteiger partial charge in [0.25, 0.3) is 11.8 Å². The van der Waals surface area contributed by atoms with Gasteiger partial charge in [0.1, 0.15) is 17.2 Å². The van der Waals surface area contributed by atoms with E-state index in [0.717, 1.165) is 0 Å². The summed E-state index contributed by atoms with van der Waals surface area (Å²) in [5, 5.41) is 14.5. The van der Waals surface area contributed by atoms with Crippen LogP contribution in [0.2, 0.25) is 0 Å². The Morgan fingerprint density at radius 1 is 1.04 bits per heavy atom. The molecule has 2 amide bonds. The molecular weight excluding hydrogens is 296 g/mol. The molecule has 116 valence electrons. The third kappa shape index (κ3) is 2.87. The van der Waals surface area contributed by atoms with Crippen LogP contribution in [-0.4, -0.2) is 24.0 Å². The molecule has 0 aliphatic carbocycles. The number of carbonyl (C=O) groups is 2. The second kappa shape index (κ2) is 5.84. The number of ether oxygens (including phenoxy) is 1. The Balaban J connectivity index is 2.04. The van der Waals surface area contributed by atoms with Crippen LogP contribution in [0.4, 0.5) is 5.69 Å². The molecule has 1 aliphatic heterocycles. The molecule has 0 fully saturated rings. The molecule has 0 saturated heterocycles. The number of hydrogen-bond acceptors (Lipinski definition) is 5. The van der Waals surface area contributed by atoms with Crippen molar-refractivity contribution in [3.05, 3.63) is 59.8 Å². The standard InChI is InChI=1S/C17H14N2O4/c1-23-13-4-2-3-10(9-13)14-15(17(22)19-16(14)21)18-11-5-7-12(20)8-6-11/h2-9,20H,1H3,(H2,18,19,21,22). The monoisotopic (exact) mass is 310 g/mol. The normalized spacial score (nSPS) is 14.0. The lowest BCUT2D eigenvalue weighted by molar-refractivity contribution is -0.123. The van der Waals surface area contributed by atoms with Crippen molar-refractivity contribution in [3.63, 3.8) is 0 Å². The molecule has 0 saturated carbocycles. The number of benzene rings is 2. The SMILES string of the molecule is COc1cccc(C2=C(Nc3ccc(O)cc3)C(=O)NC2=O)c1. The van der Waals surface area contributed by atoms with Gasteiger partial charge in [-0.1, -0.05) is 12.1 Å². The minimum Gasteiger partial charge on any atom is -0.508 e. The van der Waals surface area contributed by atoms with Gasteiger partial charge < -0.3 is 15.2 Å². The molecule has 2 aromatic carbocycles. The Morgan fingerprint density at radius 2 is 1.78 bits per heavy atom.